The highest BCUT2D eigenvalue weighted by Gasteiger charge is 2.07. The molecule has 0 saturated heterocycles. The largest absolute Gasteiger partial charge is 0.491 e. The maximum atomic E-state index is 6.02. The van der Waals surface area contributed by atoms with E-state index >= 15 is 0 Å². The van der Waals surface area contributed by atoms with Crippen molar-refractivity contribution in [2.24, 2.45) is 0 Å². The number of rotatable bonds is 11. The van der Waals surface area contributed by atoms with E-state index in [2.05, 4.69) is 68.9 Å². The second-order valence-corrected chi connectivity index (χ2v) is 8.89. The summed E-state index contributed by atoms with van der Waals surface area (Å²) in [6.07, 6.45) is 3.62. The first kappa shape index (κ1) is 23.5. The van der Waals surface area contributed by atoms with E-state index in [4.69, 9.17) is 9.47 Å². The van der Waals surface area contributed by atoms with Gasteiger partial charge in [-0.05, 0) is 84.1 Å². The van der Waals surface area contributed by atoms with E-state index in [0.29, 0.717) is 6.61 Å². The average molecular weight is 480 g/mol. The Balaban J connectivity index is 1.06. The van der Waals surface area contributed by atoms with Crippen LogP contribution in [-0.2, 0) is 25.9 Å². The van der Waals surface area contributed by atoms with Gasteiger partial charge in [-0.25, -0.2) is 10.1 Å². The molecule has 2 aromatic heterocycles. The monoisotopic (exact) mass is 479 g/mol. The fourth-order valence-corrected chi connectivity index (χ4v) is 4.04. The summed E-state index contributed by atoms with van der Waals surface area (Å²) in [4.78, 5) is 4.67. The summed E-state index contributed by atoms with van der Waals surface area (Å²) in [5, 5.41) is 15.0. The summed E-state index contributed by atoms with van der Waals surface area (Å²) in [5.41, 5.74) is 4.47. The molecule has 0 spiro atoms. The van der Waals surface area contributed by atoms with Crippen LogP contribution in [0.25, 0.3) is 10.9 Å². The molecule has 7 nitrogen and oxygen atoms in total. The molecule has 0 fully saturated rings. The van der Waals surface area contributed by atoms with Crippen LogP contribution in [0.4, 0.5) is 0 Å². The van der Waals surface area contributed by atoms with Crippen molar-refractivity contribution in [3.05, 3.63) is 108 Å². The van der Waals surface area contributed by atoms with Crippen molar-refractivity contribution in [3.63, 3.8) is 0 Å². The molecule has 182 valence electrons. The SMILES string of the molecule is CC(CCc1nnn[nH]1)Oc1ccc(CCc2ccc(OCc3ccc4ccccc4n3)cc2)cc1. The molecule has 1 unspecified atom stereocenters. The number of H-pyrrole nitrogens is 1. The van der Waals surface area contributed by atoms with Crippen LogP contribution in [0.2, 0.25) is 0 Å². The Morgan fingerprint density at radius 3 is 2.22 bits per heavy atom. The minimum absolute atomic E-state index is 0.0821. The molecule has 3 aromatic carbocycles. The Labute approximate surface area is 210 Å². The number of para-hydroxylation sites is 1. The Hall–Kier alpha value is -4.26. The van der Waals surface area contributed by atoms with Crippen molar-refractivity contribution in [2.75, 3.05) is 0 Å². The van der Waals surface area contributed by atoms with Crippen LogP contribution in [-0.4, -0.2) is 31.7 Å². The molecule has 0 radical (unpaired) electrons. The zero-order valence-corrected chi connectivity index (χ0v) is 20.3. The number of benzene rings is 3. The molecule has 36 heavy (non-hydrogen) atoms. The van der Waals surface area contributed by atoms with Crippen LogP contribution in [0.1, 0.15) is 36.0 Å². The van der Waals surface area contributed by atoms with E-state index in [-0.39, 0.29) is 6.10 Å². The third-order valence-corrected chi connectivity index (χ3v) is 6.11. The summed E-state index contributed by atoms with van der Waals surface area (Å²) < 4.78 is 12.0. The van der Waals surface area contributed by atoms with E-state index in [9.17, 15) is 0 Å². The number of hydrogen-bond donors (Lipinski definition) is 1. The number of aromatic nitrogens is 5. The molecule has 1 N–H and O–H groups in total. The van der Waals surface area contributed by atoms with Gasteiger partial charge in [0.2, 0.25) is 0 Å². The van der Waals surface area contributed by atoms with Gasteiger partial charge in [-0.15, -0.1) is 5.10 Å². The Bertz CT molecular complexity index is 1370. The van der Waals surface area contributed by atoms with Gasteiger partial charge in [0.15, 0.2) is 0 Å². The first-order valence-electron chi connectivity index (χ1n) is 12.3. The number of ether oxygens (including phenoxy) is 2. The standard InChI is InChI=1S/C29H29N5O2/c1-21(6-19-29-31-33-34-32-29)36-27-17-11-23(12-18-27)8-7-22-9-15-26(16-10-22)35-20-25-14-13-24-4-2-3-5-28(24)30-25/h2-5,9-18,21H,6-8,19-20H2,1H3,(H,31,32,33,34). The topological polar surface area (TPSA) is 85.8 Å². The number of aryl methyl sites for hydroxylation is 3. The summed E-state index contributed by atoms with van der Waals surface area (Å²) in [6, 6.07) is 28.9. The van der Waals surface area contributed by atoms with E-state index < -0.39 is 0 Å². The van der Waals surface area contributed by atoms with Crippen molar-refractivity contribution in [1.82, 2.24) is 25.6 Å². The maximum Gasteiger partial charge on any atom is 0.148 e. The Morgan fingerprint density at radius 1 is 0.778 bits per heavy atom. The number of hydrogen-bond acceptors (Lipinski definition) is 6. The molecule has 0 amide bonds. The zero-order chi connectivity index (χ0) is 24.6. The first-order chi connectivity index (χ1) is 17.7. The number of pyridine rings is 1. The molecule has 0 aliphatic rings. The number of aromatic amines is 1. The molecular formula is C29H29N5O2. The fourth-order valence-electron chi connectivity index (χ4n) is 4.04. The van der Waals surface area contributed by atoms with E-state index in [0.717, 1.165) is 59.6 Å². The van der Waals surface area contributed by atoms with Crippen molar-refractivity contribution in [3.8, 4) is 11.5 Å². The number of nitrogens with one attached hydrogen (secondary N) is 1. The van der Waals surface area contributed by atoms with Crippen LogP contribution in [0.5, 0.6) is 11.5 Å². The van der Waals surface area contributed by atoms with Gasteiger partial charge in [0, 0.05) is 11.8 Å². The van der Waals surface area contributed by atoms with Crippen molar-refractivity contribution < 1.29 is 9.47 Å². The second kappa shape index (κ2) is 11.4. The van der Waals surface area contributed by atoms with Crippen molar-refractivity contribution >= 4 is 10.9 Å². The van der Waals surface area contributed by atoms with Gasteiger partial charge in [-0.3, -0.25) is 0 Å². The molecule has 0 saturated carbocycles. The zero-order valence-electron chi connectivity index (χ0n) is 20.3. The third-order valence-electron chi connectivity index (χ3n) is 6.11. The second-order valence-electron chi connectivity index (χ2n) is 8.89. The molecule has 5 rings (SSSR count). The average Bonchev–Trinajstić information content (AvgIpc) is 3.45. The van der Waals surface area contributed by atoms with Gasteiger partial charge >= 0.3 is 0 Å². The predicted octanol–water partition coefficient (Wildman–Crippen LogP) is 5.51. The third kappa shape index (κ3) is 6.44. The van der Waals surface area contributed by atoms with Crippen molar-refractivity contribution in [1.29, 1.82) is 0 Å². The Morgan fingerprint density at radius 2 is 1.50 bits per heavy atom. The Kier molecular flexibility index (Phi) is 7.46. The summed E-state index contributed by atoms with van der Waals surface area (Å²) >= 11 is 0. The first-order valence-corrected chi connectivity index (χ1v) is 12.3. The smallest absolute Gasteiger partial charge is 0.148 e. The molecule has 5 aromatic rings. The molecule has 7 heteroatoms. The van der Waals surface area contributed by atoms with Crippen LogP contribution in [0, 0.1) is 0 Å². The molecule has 1 atom stereocenters. The van der Waals surface area contributed by atoms with Gasteiger partial charge in [-0.2, -0.15) is 0 Å². The van der Waals surface area contributed by atoms with Gasteiger partial charge in [0.1, 0.15) is 23.9 Å². The van der Waals surface area contributed by atoms with Gasteiger partial charge in [-0.1, -0.05) is 48.5 Å². The van der Waals surface area contributed by atoms with E-state index in [1.807, 2.05) is 48.5 Å². The maximum absolute atomic E-state index is 6.02. The number of nitrogens with zero attached hydrogens (tertiary/aromatic N) is 4. The lowest BCUT2D eigenvalue weighted by Gasteiger charge is -2.14. The molecule has 0 aliphatic carbocycles. The van der Waals surface area contributed by atoms with Gasteiger partial charge < -0.3 is 9.47 Å². The van der Waals surface area contributed by atoms with Crippen LogP contribution in [0.15, 0.2) is 84.9 Å². The lowest BCUT2D eigenvalue weighted by molar-refractivity contribution is 0.210. The minimum Gasteiger partial charge on any atom is -0.491 e. The van der Waals surface area contributed by atoms with Crippen LogP contribution >= 0.6 is 0 Å². The highest BCUT2D eigenvalue weighted by Crippen LogP contribution is 2.19. The quantitative estimate of drug-likeness (QED) is 0.269. The van der Waals surface area contributed by atoms with E-state index in [1.54, 1.807) is 0 Å². The molecule has 0 bridgehead atoms. The lowest BCUT2D eigenvalue weighted by atomic mass is 10.0. The normalized spacial score (nSPS) is 11.9. The van der Waals surface area contributed by atoms with Crippen LogP contribution < -0.4 is 9.47 Å². The predicted molar refractivity (Wildman–Crippen MR) is 139 cm³/mol. The summed E-state index contributed by atoms with van der Waals surface area (Å²) in [5.74, 6) is 2.51. The van der Waals surface area contributed by atoms with E-state index in [1.165, 1.54) is 11.1 Å². The number of fused-ring (bicyclic) bond motifs is 1. The van der Waals surface area contributed by atoms with Gasteiger partial charge in [0.25, 0.3) is 0 Å². The van der Waals surface area contributed by atoms with Crippen molar-refractivity contribution in [2.45, 2.75) is 45.3 Å². The summed E-state index contributed by atoms with van der Waals surface area (Å²) in [6.45, 7) is 2.51. The lowest BCUT2D eigenvalue weighted by Crippen LogP contribution is -2.13. The number of tetrazole rings is 1. The highest BCUT2D eigenvalue weighted by atomic mass is 16.5. The molecule has 2 heterocycles. The molecular weight excluding hydrogens is 450 g/mol. The minimum atomic E-state index is 0.0821. The highest BCUT2D eigenvalue weighted by molar-refractivity contribution is 5.78. The fraction of sp³-hybridized carbons (Fsp3) is 0.241. The molecule has 0 aliphatic heterocycles. The van der Waals surface area contributed by atoms with Crippen LogP contribution in [0.3, 0.4) is 0 Å². The summed E-state index contributed by atoms with van der Waals surface area (Å²) in [7, 11) is 0. The van der Waals surface area contributed by atoms with Gasteiger partial charge in [0.05, 0.1) is 17.3 Å².